The summed E-state index contributed by atoms with van der Waals surface area (Å²) in [6.07, 6.45) is 2.57. The Morgan fingerprint density at radius 2 is 2.24 bits per heavy atom. The Bertz CT molecular complexity index is 542. The summed E-state index contributed by atoms with van der Waals surface area (Å²) < 4.78 is 1.88. The number of anilines is 1. The van der Waals surface area contributed by atoms with E-state index in [1.165, 1.54) is 12.8 Å². The van der Waals surface area contributed by atoms with Crippen molar-refractivity contribution in [2.45, 2.75) is 26.3 Å². The van der Waals surface area contributed by atoms with Crippen LogP contribution in [0.2, 0.25) is 0 Å². The molecule has 1 aliphatic carbocycles. The van der Waals surface area contributed by atoms with Crippen LogP contribution in [-0.4, -0.2) is 20.2 Å². The van der Waals surface area contributed by atoms with Gasteiger partial charge in [-0.3, -0.25) is 0 Å². The van der Waals surface area contributed by atoms with E-state index in [9.17, 15) is 0 Å². The Labute approximate surface area is 99.6 Å². The van der Waals surface area contributed by atoms with Gasteiger partial charge in [0.15, 0.2) is 5.82 Å². The Balaban J connectivity index is 1.96. The Hall–Kier alpha value is -1.91. The van der Waals surface area contributed by atoms with Crippen LogP contribution in [0.15, 0.2) is 18.2 Å². The first kappa shape index (κ1) is 10.3. The molecule has 1 aliphatic rings. The summed E-state index contributed by atoms with van der Waals surface area (Å²) in [6, 6.07) is 5.95. The minimum absolute atomic E-state index is 0.750. The number of nitrogens with zero attached hydrogens (tertiary/aromatic N) is 4. The number of nitrogens with two attached hydrogens (primary N) is 1. The minimum Gasteiger partial charge on any atom is -0.398 e. The summed E-state index contributed by atoms with van der Waals surface area (Å²) in [4.78, 5) is 0. The number of hydrogen-bond acceptors (Lipinski definition) is 4. The van der Waals surface area contributed by atoms with E-state index < -0.39 is 0 Å². The minimum atomic E-state index is 0.750. The van der Waals surface area contributed by atoms with Gasteiger partial charge in [0.2, 0.25) is 0 Å². The van der Waals surface area contributed by atoms with Crippen molar-refractivity contribution in [3.05, 3.63) is 23.8 Å². The topological polar surface area (TPSA) is 69.6 Å². The van der Waals surface area contributed by atoms with Gasteiger partial charge in [-0.25, -0.2) is 4.68 Å². The van der Waals surface area contributed by atoms with Crippen molar-refractivity contribution in [2.24, 2.45) is 5.92 Å². The lowest BCUT2D eigenvalue weighted by atomic mass is 10.1. The fourth-order valence-electron chi connectivity index (χ4n) is 1.86. The van der Waals surface area contributed by atoms with Crippen molar-refractivity contribution < 1.29 is 0 Å². The molecule has 88 valence electrons. The second-order valence-electron chi connectivity index (χ2n) is 4.70. The standard InChI is InChI=1S/C12H15N5/c1-8-2-5-10(6-11(8)13)12-14-15-16-17(12)7-9-3-4-9/h2,5-6,9H,3-4,7,13H2,1H3. The van der Waals surface area contributed by atoms with Gasteiger partial charge in [0, 0.05) is 17.8 Å². The molecule has 0 amide bonds. The number of benzene rings is 1. The molecule has 17 heavy (non-hydrogen) atoms. The average molecular weight is 229 g/mol. The summed E-state index contributed by atoms with van der Waals surface area (Å²) in [6.45, 7) is 2.91. The molecule has 1 aromatic carbocycles. The first-order chi connectivity index (χ1) is 8.24. The fourth-order valence-corrected chi connectivity index (χ4v) is 1.86. The normalized spacial score (nSPS) is 15.1. The van der Waals surface area contributed by atoms with Crippen molar-refractivity contribution in [1.29, 1.82) is 0 Å². The maximum absolute atomic E-state index is 5.91. The van der Waals surface area contributed by atoms with Gasteiger partial charge in [0.1, 0.15) is 0 Å². The molecule has 0 radical (unpaired) electrons. The predicted octanol–water partition coefficient (Wildman–Crippen LogP) is 1.64. The fraction of sp³-hybridized carbons (Fsp3) is 0.417. The number of aromatic nitrogens is 4. The molecule has 0 saturated heterocycles. The molecule has 3 rings (SSSR count). The average Bonchev–Trinajstić information content (AvgIpc) is 3.00. The molecule has 5 nitrogen and oxygen atoms in total. The summed E-state index contributed by atoms with van der Waals surface area (Å²) in [5.41, 5.74) is 8.76. The van der Waals surface area contributed by atoms with Crippen LogP contribution >= 0.6 is 0 Å². The largest absolute Gasteiger partial charge is 0.398 e. The van der Waals surface area contributed by atoms with Crippen LogP contribution in [0.3, 0.4) is 0 Å². The van der Waals surface area contributed by atoms with Crippen molar-refractivity contribution in [3.63, 3.8) is 0 Å². The second-order valence-corrected chi connectivity index (χ2v) is 4.70. The highest BCUT2D eigenvalue weighted by molar-refractivity contribution is 5.63. The van der Waals surface area contributed by atoms with E-state index in [0.717, 1.165) is 35.1 Å². The molecule has 2 N–H and O–H groups in total. The molecule has 0 spiro atoms. The van der Waals surface area contributed by atoms with Crippen molar-refractivity contribution in [3.8, 4) is 11.4 Å². The van der Waals surface area contributed by atoms with Gasteiger partial charge in [-0.15, -0.1) is 5.10 Å². The van der Waals surface area contributed by atoms with Crippen LogP contribution in [0.1, 0.15) is 18.4 Å². The van der Waals surface area contributed by atoms with Gasteiger partial charge in [0.05, 0.1) is 0 Å². The number of tetrazole rings is 1. The van der Waals surface area contributed by atoms with E-state index in [2.05, 4.69) is 15.5 Å². The van der Waals surface area contributed by atoms with Gasteiger partial charge in [-0.1, -0.05) is 12.1 Å². The molecule has 0 unspecified atom stereocenters. The lowest BCUT2D eigenvalue weighted by Gasteiger charge is -2.05. The molecule has 1 saturated carbocycles. The molecule has 1 heterocycles. The summed E-state index contributed by atoms with van der Waals surface area (Å²) >= 11 is 0. The Morgan fingerprint density at radius 3 is 2.94 bits per heavy atom. The monoisotopic (exact) mass is 229 g/mol. The smallest absolute Gasteiger partial charge is 0.182 e. The van der Waals surface area contributed by atoms with Gasteiger partial charge < -0.3 is 5.73 Å². The second kappa shape index (κ2) is 3.84. The Kier molecular flexibility index (Phi) is 2.31. The maximum atomic E-state index is 5.91. The van der Waals surface area contributed by atoms with E-state index in [1.54, 1.807) is 0 Å². The summed E-state index contributed by atoms with van der Waals surface area (Å²) in [7, 11) is 0. The summed E-state index contributed by atoms with van der Waals surface area (Å²) in [5, 5.41) is 11.9. The van der Waals surface area contributed by atoms with Crippen LogP contribution < -0.4 is 5.73 Å². The van der Waals surface area contributed by atoms with Gasteiger partial charge in [-0.05, 0) is 47.7 Å². The molecule has 0 atom stereocenters. The van der Waals surface area contributed by atoms with Crippen molar-refractivity contribution in [2.75, 3.05) is 5.73 Å². The summed E-state index contributed by atoms with van der Waals surface area (Å²) in [5.74, 6) is 1.56. The zero-order chi connectivity index (χ0) is 11.8. The molecular weight excluding hydrogens is 214 g/mol. The van der Waals surface area contributed by atoms with E-state index >= 15 is 0 Å². The molecule has 0 aliphatic heterocycles. The number of aryl methyl sites for hydroxylation is 1. The molecule has 0 bridgehead atoms. The highest BCUT2D eigenvalue weighted by atomic mass is 15.5. The van der Waals surface area contributed by atoms with E-state index in [0.29, 0.717) is 0 Å². The van der Waals surface area contributed by atoms with Gasteiger partial charge >= 0.3 is 0 Å². The van der Waals surface area contributed by atoms with Gasteiger partial charge in [-0.2, -0.15) is 0 Å². The van der Waals surface area contributed by atoms with Crippen molar-refractivity contribution >= 4 is 5.69 Å². The van der Waals surface area contributed by atoms with Crippen LogP contribution in [0, 0.1) is 12.8 Å². The molecule has 1 aromatic heterocycles. The van der Waals surface area contributed by atoms with Crippen LogP contribution in [0.4, 0.5) is 5.69 Å². The van der Waals surface area contributed by atoms with Crippen LogP contribution in [0.5, 0.6) is 0 Å². The zero-order valence-electron chi connectivity index (χ0n) is 9.80. The van der Waals surface area contributed by atoms with E-state index in [4.69, 9.17) is 5.73 Å². The molecule has 2 aromatic rings. The highest BCUT2D eigenvalue weighted by Crippen LogP contribution is 2.31. The Morgan fingerprint density at radius 1 is 1.41 bits per heavy atom. The third-order valence-electron chi connectivity index (χ3n) is 3.20. The lowest BCUT2D eigenvalue weighted by Crippen LogP contribution is -2.04. The number of nitrogen functional groups attached to an aromatic ring is 1. The third kappa shape index (κ3) is 2.00. The molecule has 1 fully saturated rings. The van der Waals surface area contributed by atoms with E-state index in [-0.39, 0.29) is 0 Å². The number of rotatable bonds is 3. The molecular formula is C12H15N5. The maximum Gasteiger partial charge on any atom is 0.182 e. The van der Waals surface area contributed by atoms with Crippen LogP contribution in [0.25, 0.3) is 11.4 Å². The SMILES string of the molecule is Cc1ccc(-c2nnnn2CC2CC2)cc1N. The van der Waals surface area contributed by atoms with Crippen LogP contribution in [-0.2, 0) is 6.54 Å². The van der Waals surface area contributed by atoms with Crippen molar-refractivity contribution in [1.82, 2.24) is 20.2 Å². The molecule has 5 heteroatoms. The number of hydrogen-bond donors (Lipinski definition) is 1. The zero-order valence-corrected chi connectivity index (χ0v) is 9.80. The highest BCUT2D eigenvalue weighted by Gasteiger charge is 2.24. The lowest BCUT2D eigenvalue weighted by molar-refractivity contribution is 0.548. The predicted molar refractivity (Wildman–Crippen MR) is 65.1 cm³/mol. The first-order valence-corrected chi connectivity index (χ1v) is 5.86. The van der Waals surface area contributed by atoms with E-state index in [1.807, 2.05) is 29.8 Å². The first-order valence-electron chi connectivity index (χ1n) is 5.86. The quantitative estimate of drug-likeness (QED) is 0.812. The van der Waals surface area contributed by atoms with Gasteiger partial charge in [0.25, 0.3) is 0 Å². The third-order valence-corrected chi connectivity index (χ3v) is 3.20.